The van der Waals surface area contributed by atoms with Crippen LogP contribution < -0.4 is 4.90 Å². The third kappa shape index (κ3) is 3.74. The maximum atomic E-state index is 12.4. The molecule has 0 aromatic rings. The van der Waals surface area contributed by atoms with E-state index in [4.69, 9.17) is 9.47 Å². The van der Waals surface area contributed by atoms with E-state index < -0.39 is 18.0 Å². The van der Waals surface area contributed by atoms with Gasteiger partial charge >= 0.3 is 6.18 Å². The summed E-state index contributed by atoms with van der Waals surface area (Å²) in [6.45, 7) is 4.31. The largest absolute Gasteiger partial charge is 0.416 e. The Bertz CT molecular complexity index is 318. The predicted octanol–water partition coefficient (Wildman–Crippen LogP) is 1.36. The van der Waals surface area contributed by atoms with Crippen LogP contribution >= 0.6 is 13.5 Å². The van der Waals surface area contributed by atoms with Gasteiger partial charge in [0.25, 0.3) is 0 Å². The lowest BCUT2D eigenvalue weighted by Gasteiger charge is -2.22. The highest BCUT2D eigenvalue weighted by Crippen LogP contribution is 2.28. The molecule has 0 bridgehead atoms. The second-order valence-corrected chi connectivity index (χ2v) is 3.43. The standard InChI is InChI=1S/C9H10F3NO2.C2H6.H2S/c1-14-8-5-15-7-4-6(9(10,11)12)2-3-13(7)8;1-2;/h2-4,7-8H,5H2,1H3;1-2H3;1H2/p+1. The number of alkyl halides is 3. The average Bonchev–Trinajstić information content (AvgIpc) is 2.72. The summed E-state index contributed by atoms with van der Waals surface area (Å²) in [6.07, 6.45) is -1.53. The van der Waals surface area contributed by atoms with Gasteiger partial charge in [0.05, 0.1) is 11.8 Å². The topological polar surface area (TPSA) is 22.9 Å². The molecule has 3 unspecified atom stereocenters. The summed E-state index contributed by atoms with van der Waals surface area (Å²) in [5.41, 5.74) is -0.659. The van der Waals surface area contributed by atoms with Crippen molar-refractivity contribution in [1.29, 1.82) is 0 Å². The van der Waals surface area contributed by atoms with E-state index in [1.807, 2.05) is 13.8 Å². The van der Waals surface area contributed by atoms with Crippen LogP contribution in [0.25, 0.3) is 0 Å². The van der Waals surface area contributed by atoms with Gasteiger partial charge in [-0.3, -0.25) is 4.90 Å². The Hall–Kier alpha value is -0.500. The number of fused-ring (bicyclic) bond motifs is 1. The van der Waals surface area contributed by atoms with Gasteiger partial charge in [-0.15, -0.1) is 0 Å². The maximum absolute atomic E-state index is 12.4. The smallest absolute Gasteiger partial charge is 0.330 e. The Kier molecular flexibility index (Phi) is 6.98. The normalized spacial score (nSPS) is 29.7. The predicted molar refractivity (Wildman–Crippen MR) is 66.5 cm³/mol. The quantitative estimate of drug-likeness (QED) is 0.786. The molecule has 3 atom stereocenters. The van der Waals surface area contributed by atoms with Crippen molar-refractivity contribution in [2.45, 2.75) is 32.5 Å². The fourth-order valence-corrected chi connectivity index (χ4v) is 1.71. The fourth-order valence-electron chi connectivity index (χ4n) is 1.71. The molecule has 0 radical (unpaired) electrons. The van der Waals surface area contributed by atoms with Crippen LogP contribution in [0, 0.1) is 0 Å². The van der Waals surface area contributed by atoms with Crippen LogP contribution in [0.2, 0.25) is 0 Å². The summed E-state index contributed by atoms with van der Waals surface area (Å²) in [4.78, 5) is 0.755. The Labute approximate surface area is 112 Å². The van der Waals surface area contributed by atoms with E-state index in [0.717, 1.165) is 17.1 Å². The highest BCUT2D eigenvalue weighted by molar-refractivity contribution is 7.59. The average molecular weight is 286 g/mol. The first-order valence-electron chi connectivity index (χ1n) is 5.50. The van der Waals surface area contributed by atoms with E-state index >= 15 is 0 Å². The van der Waals surface area contributed by atoms with Gasteiger partial charge in [0.1, 0.15) is 6.61 Å². The second-order valence-electron chi connectivity index (χ2n) is 3.43. The number of hydrogen-bond donors (Lipinski definition) is 1. The van der Waals surface area contributed by atoms with Gasteiger partial charge in [-0.25, -0.2) is 0 Å². The Morgan fingerprint density at radius 1 is 1.39 bits per heavy atom. The highest BCUT2D eigenvalue weighted by atomic mass is 32.1. The lowest BCUT2D eigenvalue weighted by atomic mass is 10.1. The maximum Gasteiger partial charge on any atom is 0.416 e. The first kappa shape index (κ1) is 17.5. The Morgan fingerprint density at radius 3 is 2.50 bits per heavy atom. The summed E-state index contributed by atoms with van der Waals surface area (Å²) in [5.74, 6) is 0. The molecule has 1 saturated heterocycles. The van der Waals surface area contributed by atoms with Gasteiger partial charge in [-0.1, -0.05) is 13.8 Å². The van der Waals surface area contributed by atoms with E-state index in [1.54, 1.807) is 0 Å². The van der Waals surface area contributed by atoms with Gasteiger partial charge in [-0.2, -0.15) is 26.7 Å². The molecule has 2 heterocycles. The molecular formula is C11H19F3NO2S+. The molecule has 18 heavy (non-hydrogen) atoms. The molecule has 0 aromatic heterocycles. The number of quaternary nitrogens is 1. The zero-order chi connectivity index (χ0) is 13.1. The van der Waals surface area contributed by atoms with Crippen molar-refractivity contribution in [3.8, 4) is 0 Å². The van der Waals surface area contributed by atoms with Crippen molar-refractivity contribution < 1.29 is 27.5 Å². The Morgan fingerprint density at radius 2 is 2.00 bits per heavy atom. The van der Waals surface area contributed by atoms with E-state index in [-0.39, 0.29) is 19.7 Å². The van der Waals surface area contributed by atoms with Crippen LogP contribution in [-0.2, 0) is 9.47 Å². The number of allylic oxidation sites excluding steroid dienone is 2. The SMILES string of the molecule is CC.COC1COC2C=C(C(F)(F)F)C=C[NH+]21.S. The van der Waals surface area contributed by atoms with Crippen molar-refractivity contribution in [3.05, 3.63) is 23.9 Å². The minimum Gasteiger partial charge on any atom is -0.330 e. The monoisotopic (exact) mass is 286 g/mol. The van der Waals surface area contributed by atoms with Crippen LogP contribution in [-0.4, -0.2) is 32.3 Å². The molecule has 1 fully saturated rings. The third-order valence-electron chi connectivity index (χ3n) is 2.53. The zero-order valence-electron chi connectivity index (χ0n) is 10.5. The van der Waals surface area contributed by atoms with Gasteiger partial charge in [0.2, 0.25) is 12.5 Å². The molecule has 7 heteroatoms. The van der Waals surface area contributed by atoms with E-state index in [2.05, 4.69) is 0 Å². The molecule has 1 N–H and O–H groups in total. The summed E-state index contributed by atoms with van der Waals surface area (Å²) < 4.78 is 47.4. The van der Waals surface area contributed by atoms with Crippen LogP contribution in [0.3, 0.4) is 0 Å². The third-order valence-corrected chi connectivity index (χ3v) is 2.53. The molecular weight excluding hydrogens is 267 g/mol. The van der Waals surface area contributed by atoms with Crippen molar-refractivity contribution in [2.24, 2.45) is 0 Å². The molecule has 0 aliphatic carbocycles. The van der Waals surface area contributed by atoms with Crippen molar-refractivity contribution in [1.82, 2.24) is 0 Å². The van der Waals surface area contributed by atoms with Crippen molar-refractivity contribution in [3.63, 3.8) is 0 Å². The van der Waals surface area contributed by atoms with Gasteiger partial charge in [-0.05, 0) is 0 Å². The number of nitrogens with one attached hydrogen (secondary N) is 1. The summed E-state index contributed by atoms with van der Waals surface area (Å²) >= 11 is 0. The van der Waals surface area contributed by atoms with E-state index in [9.17, 15) is 13.2 Å². The molecule has 3 nitrogen and oxygen atoms in total. The summed E-state index contributed by atoms with van der Waals surface area (Å²) in [6, 6.07) is 0. The first-order valence-corrected chi connectivity index (χ1v) is 5.50. The lowest BCUT2D eigenvalue weighted by molar-refractivity contribution is -0.911. The lowest BCUT2D eigenvalue weighted by Crippen LogP contribution is -3.13. The van der Waals surface area contributed by atoms with Crippen molar-refractivity contribution >= 4 is 13.5 Å². The zero-order valence-corrected chi connectivity index (χ0v) is 11.5. The summed E-state index contributed by atoms with van der Waals surface area (Å²) in [5, 5.41) is 0. The van der Waals surface area contributed by atoms with E-state index in [1.165, 1.54) is 13.3 Å². The summed E-state index contributed by atoms with van der Waals surface area (Å²) in [7, 11) is 1.51. The number of ether oxygens (including phenoxy) is 2. The number of rotatable bonds is 1. The van der Waals surface area contributed by atoms with Gasteiger partial charge < -0.3 is 9.47 Å². The van der Waals surface area contributed by atoms with Crippen LogP contribution in [0.4, 0.5) is 13.2 Å². The molecule has 0 spiro atoms. The fraction of sp³-hybridized carbons (Fsp3) is 0.636. The molecule has 2 rings (SSSR count). The van der Waals surface area contributed by atoms with E-state index in [0.29, 0.717) is 6.61 Å². The van der Waals surface area contributed by atoms with Crippen molar-refractivity contribution in [2.75, 3.05) is 13.7 Å². The molecule has 106 valence electrons. The molecule has 0 saturated carbocycles. The van der Waals surface area contributed by atoms with Crippen LogP contribution in [0.15, 0.2) is 23.9 Å². The van der Waals surface area contributed by atoms with Crippen LogP contribution in [0.1, 0.15) is 13.8 Å². The van der Waals surface area contributed by atoms with Gasteiger partial charge in [0.15, 0.2) is 0 Å². The number of hydrogen-bond acceptors (Lipinski definition) is 2. The number of halogens is 3. The minimum absolute atomic E-state index is 0. The molecule has 0 amide bonds. The van der Waals surface area contributed by atoms with Crippen LogP contribution in [0.5, 0.6) is 0 Å². The first-order chi connectivity index (χ1) is 8.02. The molecule has 2 aliphatic rings. The Balaban J connectivity index is 0.000000917. The minimum atomic E-state index is -4.31. The number of methoxy groups -OCH3 is 1. The highest BCUT2D eigenvalue weighted by Gasteiger charge is 2.42. The van der Waals surface area contributed by atoms with Gasteiger partial charge in [0, 0.05) is 19.3 Å². The molecule has 2 aliphatic heterocycles. The molecule has 0 aromatic carbocycles. The second kappa shape index (κ2) is 7.18.